The summed E-state index contributed by atoms with van der Waals surface area (Å²) >= 11 is 0. The van der Waals surface area contributed by atoms with Crippen LogP contribution in [0.25, 0.3) is 10.9 Å². The molecule has 0 atom stereocenters. The molecule has 0 aliphatic rings. The number of benzene rings is 3. The van der Waals surface area contributed by atoms with Gasteiger partial charge in [-0.15, -0.1) is 0 Å². The maximum Gasteiger partial charge on any atom is 0.303 e. The van der Waals surface area contributed by atoms with Crippen molar-refractivity contribution in [3.8, 4) is 5.75 Å². The molecule has 0 radical (unpaired) electrons. The van der Waals surface area contributed by atoms with Gasteiger partial charge in [-0.3, -0.25) is 14.6 Å². The van der Waals surface area contributed by atoms with Crippen LogP contribution in [0.1, 0.15) is 39.0 Å². The number of hydrogen-bond donors (Lipinski definition) is 3. The van der Waals surface area contributed by atoms with Crippen molar-refractivity contribution in [2.75, 3.05) is 0 Å². The highest BCUT2D eigenvalue weighted by Crippen LogP contribution is 2.22. The number of nitrogens with one attached hydrogen (secondary N) is 1. The number of aliphatic carboxylic acids is 1. The zero-order valence-electron chi connectivity index (χ0n) is 18.0. The number of phenolic OH excluding ortho intramolecular Hbond substituents is 1. The van der Waals surface area contributed by atoms with Crippen molar-refractivity contribution in [2.24, 2.45) is 0 Å². The van der Waals surface area contributed by atoms with E-state index in [0.29, 0.717) is 19.4 Å². The Labute approximate surface area is 191 Å². The maximum absolute atomic E-state index is 12.8. The number of aryl methyl sites for hydroxylation is 1. The van der Waals surface area contributed by atoms with Crippen LogP contribution in [0.2, 0.25) is 0 Å². The van der Waals surface area contributed by atoms with Gasteiger partial charge >= 0.3 is 5.97 Å². The molecule has 3 aromatic carbocycles. The number of nitrogens with zero attached hydrogens (tertiary/aromatic N) is 1. The second-order valence-electron chi connectivity index (χ2n) is 7.91. The highest BCUT2D eigenvalue weighted by atomic mass is 16.4. The number of phenols is 1. The zero-order chi connectivity index (χ0) is 23.2. The van der Waals surface area contributed by atoms with E-state index < -0.39 is 5.97 Å². The first-order chi connectivity index (χ1) is 16.0. The van der Waals surface area contributed by atoms with Gasteiger partial charge in [-0.05, 0) is 59.4 Å². The minimum Gasteiger partial charge on any atom is -0.507 e. The van der Waals surface area contributed by atoms with Crippen LogP contribution in [-0.4, -0.2) is 27.1 Å². The molecule has 1 amide bonds. The second-order valence-corrected chi connectivity index (χ2v) is 7.91. The second kappa shape index (κ2) is 9.96. The van der Waals surface area contributed by atoms with Crippen molar-refractivity contribution >= 4 is 22.8 Å². The summed E-state index contributed by atoms with van der Waals surface area (Å²) in [6.45, 7) is 0.323. The Morgan fingerprint density at radius 2 is 1.61 bits per heavy atom. The standard InChI is InChI=1S/C27H24N2O4/c30-25-11-9-20(15-19-7-5-18(6-8-19)10-12-26(31)32)16-23(25)27(33)29-17-21-13-14-28-24-4-2-1-3-22(21)24/h1-9,11,13-14,16,30H,10,12,15,17H2,(H,29,33)(H,31,32). The summed E-state index contributed by atoms with van der Waals surface area (Å²) < 4.78 is 0. The highest BCUT2D eigenvalue weighted by Gasteiger charge is 2.13. The summed E-state index contributed by atoms with van der Waals surface area (Å²) in [6, 6.07) is 22.4. The summed E-state index contributed by atoms with van der Waals surface area (Å²) in [5.41, 5.74) is 4.94. The highest BCUT2D eigenvalue weighted by molar-refractivity contribution is 5.97. The molecule has 0 saturated heterocycles. The Bertz CT molecular complexity index is 1290. The molecule has 0 aliphatic carbocycles. The Kier molecular flexibility index (Phi) is 6.64. The van der Waals surface area contributed by atoms with E-state index in [1.165, 1.54) is 6.07 Å². The van der Waals surface area contributed by atoms with Crippen LogP contribution in [0.3, 0.4) is 0 Å². The van der Waals surface area contributed by atoms with Crippen LogP contribution >= 0.6 is 0 Å². The van der Waals surface area contributed by atoms with Crippen molar-refractivity contribution < 1.29 is 19.8 Å². The number of carboxylic acid groups (broad SMARTS) is 1. The van der Waals surface area contributed by atoms with E-state index in [4.69, 9.17) is 5.11 Å². The van der Waals surface area contributed by atoms with Gasteiger partial charge in [-0.2, -0.15) is 0 Å². The lowest BCUT2D eigenvalue weighted by Crippen LogP contribution is -2.23. The third-order valence-electron chi connectivity index (χ3n) is 5.54. The molecule has 6 heteroatoms. The van der Waals surface area contributed by atoms with E-state index >= 15 is 0 Å². The van der Waals surface area contributed by atoms with Crippen molar-refractivity contribution in [1.29, 1.82) is 0 Å². The fraction of sp³-hybridized carbons (Fsp3) is 0.148. The average Bonchev–Trinajstić information content (AvgIpc) is 2.83. The summed E-state index contributed by atoms with van der Waals surface area (Å²) in [5.74, 6) is -1.23. The molecule has 0 unspecified atom stereocenters. The normalized spacial score (nSPS) is 10.8. The minimum absolute atomic E-state index is 0.0696. The number of aromatic hydroxyl groups is 1. The zero-order valence-corrected chi connectivity index (χ0v) is 18.0. The van der Waals surface area contributed by atoms with Crippen molar-refractivity contribution in [3.05, 3.63) is 107 Å². The lowest BCUT2D eigenvalue weighted by atomic mass is 10.00. The lowest BCUT2D eigenvalue weighted by molar-refractivity contribution is -0.136. The third-order valence-corrected chi connectivity index (χ3v) is 5.54. The van der Waals surface area contributed by atoms with Gasteiger partial charge < -0.3 is 15.5 Å². The van der Waals surface area contributed by atoms with Gasteiger partial charge in [0.15, 0.2) is 0 Å². The average molecular weight is 440 g/mol. The Balaban J connectivity index is 1.44. The number of rotatable bonds is 8. The van der Waals surface area contributed by atoms with Crippen molar-refractivity contribution in [2.45, 2.75) is 25.8 Å². The molecule has 0 spiro atoms. The predicted octanol–water partition coefficient (Wildman–Crippen LogP) is 4.48. The number of hydrogen-bond acceptors (Lipinski definition) is 4. The van der Waals surface area contributed by atoms with E-state index in [2.05, 4.69) is 10.3 Å². The number of para-hydroxylation sites is 1. The first-order valence-electron chi connectivity index (χ1n) is 10.7. The van der Waals surface area contributed by atoms with Gasteiger partial charge in [-0.25, -0.2) is 0 Å². The van der Waals surface area contributed by atoms with Crippen LogP contribution in [-0.2, 0) is 24.2 Å². The fourth-order valence-electron chi connectivity index (χ4n) is 3.77. The van der Waals surface area contributed by atoms with E-state index in [-0.39, 0.29) is 23.6 Å². The predicted molar refractivity (Wildman–Crippen MR) is 126 cm³/mol. The molecule has 4 aromatic rings. The van der Waals surface area contributed by atoms with Crippen LogP contribution in [0.5, 0.6) is 5.75 Å². The molecule has 6 nitrogen and oxygen atoms in total. The van der Waals surface area contributed by atoms with Crippen LogP contribution in [0, 0.1) is 0 Å². The SMILES string of the molecule is O=C(O)CCc1ccc(Cc2ccc(O)c(C(=O)NCc3ccnc4ccccc34)c2)cc1. The van der Waals surface area contributed by atoms with Gasteiger partial charge in [0.05, 0.1) is 11.1 Å². The molecule has 0 saturated carbocycles. The fourth-order valence-corrected chi connectivity index (χ4v) is 3.77. The number of aromatic nitrogens is 1. The quantitative estimate of drug-likeness (QED) is 0.375. The molecule has 3 N–H and O–H groups in total. The molecule has 4 rings (SSSR count). The Hall–Kier alpha value is -4.19. The third kappa shape index (κ3) is 5.54. The Morgan fingerprint density at radius 3 is 2.39 bits per heavy atom. The molecule has 166 valence electrons. The van der Waals surface area contributed by atoms with Gasteiger partial charge in [-0.1, -0.05) is 48.5 Å². The van der Waals surface area contributed by atoms with E-state index in [0.717, 1.165) is 33.2 Å². The molecule has 0 fully saturated rings. The van der Waals surface area contributed by atoms with Gasteiger partial charge in [0.1, 0.15) is 5.75 Å². The molecular formula is C27H24N2O4. The first kappa shape index (κ1) is 22.0. The summed E-state index contributed by atoms with van der Waals surface area (Å²) in [5, 5.41) is 22.9. The number of fused-ring (bicyclic) bond motifs is 1. The monoisotopic (exact) mass is 440 g/mol. The van der Waals surface area contributed by atoms with Crippen LogP contribution in [0.4, 0.5) is 0 Å². The van der Waals surface area contributed by atoms with Gasteiger partial charge in [0.25, 0.3) is 5.91 Å². The van der Waals surface area contributed by atoms with Gasteiger partial charge in [0, 0.05) is 24.5 Å². The molecule has 1 aromatic heterocycles. The number of amides is 1. The summed E-state index contributed by atoms with van der Waals surface area (Å²) in [6.07, 6.45) is 2.90. The minimum atomic E-state index is -0.814. The number of carboxylic acids is 1. The molecule has 0 bridgehead atoms. The number of carbonyl (C=O) groups is 2. The van der Waals surface area contributed by atoms with Gasteiger partial charge in [0.2, 0.25) is 0 Å². The first-order valence-corrected chi connectivity index (χ1v) is 10.7. The largest absolute Gasteiger partial charge is 0.507 e. The van der Waals surface area contributed by atoms with E-state index in [1.54, 1.807) is 18.3 Å². The van der Waals surface area contributed by atoms with E-state index in [9.17, 15) is 14.7 Å². The molecule has 1 heterocycles. The van der Waals surface area contributed by atoms with Crippen molar-refractivity contribution in [1.82, 2.24) is 10.3 Å². The summed E-state index contributed by atoms with van der Waals surface area (Å²) in [7, 11) is 0. The molecular weight excluding hydrogens is 416 g/mol. The lowest BCUT2D eigenvalue weighted by Gasteiger charge is -2.11. The smallest absolute Gasteiger partial charge is 0.303 e. The number of pyridine rings is 1. The molecule has 0 aliphatic heterocycles. The Morgan fingerprint density at radius 1 is 0.879 bits per heavy atom. The maximum atomic E-state index is 12.8. The van der Waals surface area contributed by atoms with Crippen molar-refractivity contribution in [3.63, 3.8) is 0 Å². The summed E-state index contributed by atoms with van der Waals surface area (Å²) in [4.78, 5) is 27.9. The van der Waals surface area contributed by atoms with Crippen LogP contribution < -0.4 is 5.32 Å². The van der Waals surface area contributed by atoms with E-state index in [1.807, 2.05) is 54.6 Å². The topological polar surface area (TPSA) is 99.5 Å². The molecule has 33 heavy (non-hydrogen) atoms. The number of carbonyl (C=O) groups excluding carboxylic acids is 1. The van der Waals surface area contributed by atoms with Crippen LogP contribution in [0.15, 0.2) is 79.0 Å².